The predicted octanol–water partition coefficient (Wildman–Crippen LogP) is 2.51. The largest absolute Gasteiger partial charge is 0.478 e. The molecule has 0 aliphatic rings. The van der Waals surface area contributed by atoms with E-state index in [0.29, 0.717) is 5.56 Å². The summed E-state index contributed by atoms with van der Waals surface area (Å²) in [5.41, 5.74) is 1.13. The Kier molecular flexibility index (Phi) is 2.28. The highest BCUT2D eigenvalue weighted by molar-refractivity contribution is 7.13. The van der Waals surface area contributed by atoms with Crippen molar-refractivity contribution in [3.63, 3.8) is 0 Å². The van der Waals surface area contributed by atoms with E-state index in [1.165, 1.54) is 11.3 Å². The van der Waals surface area contributed by atoms with E-state index >= 15 is 0 Å². The van der Waals surface area contributed by atoms with E-state index in [9.17, 15) is 4.79 Å². The Morgan fingerprint density at radius 2 is 2.29 bits per heavy atom. The van der Waals surface area contributed by atoms with Crippen LogP contribution in [-0.4, -0.2) is 16.1 Å². The van der Waals surface area contributed by atoms with Crippen molar-refractivity contribution in [2.45, 2.75) is 0 Å². The van der Waals surface area contributed by atoms with Gasteiger partial charge in [0.25, 0.3) is 0 Å². The van der Waals surface area contributed by atoms with E-state index in [-0.39, 0.29) is 0 Å². The number of aromatic nitrogens is 1. The number of hydrogen-bond donors (Lipinski definition) is 1. The second-order valence-electron chi connectivity index (χ2n) is 2.72. The molecule has 2 aromatic rings. The van der Waals surface area contributed by atoms with Gasteiger partial charge >= 0.3 is 5.97 Å². The number of rotatable bonds is 2. The number of nitrogens with zero attached hydrogens (tertiary/aromatic N) is 1. The van der Waals surface area contributed by atoms with E-state index in [0.717, 1.165) is 10.6 Å². The number of thiophene rings is 1. The monoisotopic (exact) mass is 205 g/mol. The molecular formula is C10H7NO2S. The van der Waals surface area contributed by atoms with Gasteiger partial charge < -0.3 is 5.11 Å². The lowest BCUT2D eigenvalue weighted by atomic mass is 10.2. The zero-order valence-corrected chi connectivity index (χ0v) is 7.99. The molecule has 0 amide bonds. The molecule has 0 saturated heterocycles. The van der Waals surface area contributed by atoms with Crippen molar-refractivity contribution in [3.05, 3.63) is 41.4 Å². The molecule has 0 atom stereocenters. The number of carbonyl (C=O) groups is 1. The maximum Gasteiger partial charge on any atom is 0.336 e. The van der Waals surface area contributed by atoms with Crippen LogP contribution in [0.1, 0.15) is 10.4 Å². The zero-order valence-electron chi connectivity index (χ0n) is 7.18. The third-order valence-corrected chi connectivity index (χ3v) is 2.72. The molecule has 70 valence electrons. The summed E-state index contributed by atoms with van der Waals surface area (Å²) in [5.74, 6) is -0.900. The minimum absolute atomic E-state index is 0.315. The number of carboxylic acid groups (broad SMARTS) is 1. The molecule has 0 unspecified atom stereocenters. The van der Waals surface area contributed by atoms with E-state index in [2.05, 4.69) is 4.98 Å². The van der Waals surface area contributed by atoms with Crippen LogP contribution < -0.4 is 0 Å². The second kappa shape index (κ2) is 3.59. The van der Waals surface area contributed by atoms with E-state index in [1.54, 1.807) is 17.6 Å². The Morgan fingerprint density at radius 1 is 1.43 bits per heavy atom. The summed E-state index contributed by atoms with van der Waals surface area (Å²) < 4.78 is 0. The molecule has 0 bridgehead atoms. The van der Waals surface area contributed by atoms with Crippen LogP contribution in [0.4, 0.5) is 0 Å². The van der Waals surface area contributed by atoms with E-state index < -0.39 is 5.97 Å². The highest BCUT2D eigenvalue weighted by Crippen LogP contribution is 2.24. The van der Waals surface area contributed by atoms with Crippen molar-refractivity contribution in [2.24, 2.45) is 0 Å². The van der Waals surface area contributed by atoms with Crippen LogP contribution in [0.2, 0.25) is 0 Å². The smallest absolute Gasteiger partial charge is 0.336 e. The molecule has 3 nitrogen and oxygen atoms in total. The summed E-state index contributed by atoms with van der Waals surface area (Å²) in [5, 5.41) is 10.3. The van der Waals surface area contributed by atoms with Crippen LogP contribution in [-0.2, 0) is 0 Å². The Hall–Kier alpha value is -1.68. The molecule has 0 spiro atoms. The van der Waals surface area contributed by atoms with Crippen molar-refractivity contribution in [1.82, 2.24) is 4.98 Å². The predicted molar refractivity (Wildman–Crippen MR) is 54.5 cm³/mol. The van der Waals surface area contributed by atoms with Crippen molar-refractivity contribution in [3.8, 4) is 10.6 Å². The van der Waals surface area contributed by atoms with Crippen LogP contribution in [0.25, 0.3) is 10.6 Å². The summed E-state index contributed by atoms with van der Waals surface area (Å²) in [6, 6.07) is 7.20. The maximum atomic E-state index is 10.6. The highest BCUT2D eigenvalue weighted by atomic mass is 32.1. The summed E-state index contributed by atoms with van der Waals surface area (Å²) in [6.45, 7) is 0. The van der Waals surface area contributed by atoms with Gasteiger partial charge in [0.05, 0.1) is 16.1 Å². The van der Waals surface area contributed by atoms with Crippen LogP contribution >= 0.6 is 11.3 Å². The van der Waals surface area contributed by atoms with Crippen molar-refractivity contribution in [1.29, 1.82) is 0 Å². The standard InChI is InChI=1S/C10H7NO2S/c12-10(13)7-5-9(14-6-7)8-3-1-2-4-11-8/h1-6H,(H,12,13). The minimum atomic E-state index is -0.900. The Labute approximate surface area is 84.7 Å². The lowest BCUT2D eigenvalue weighted by molar-refractivity contribution is 0.0697. The van der Waals surface area contributed by atoms with Crippen molar-refractivity contribution >= 4 is 17.3 Å². The minimum Gasteiger partial charge on any atom is -0.478 e. The lowest BCUT2D eigenvalue weighted by Gasteiger charge is -1.92. The Morgan fingerprint density at radius 3 is 2.86 bits per heavy atom. The first-order chi connectivity index (χ1) is 6.77. The zero-order chi connectivity index (χ0) is 9.97. The van der Waals surface area contributed by atoms with Crippen molar-refractivity contribution < 1.29 is 9.90 Å². The highest BCUT2D eigenvalue weighted by Gasteiger charge is 2.07. The van der Waals surface area contributed by atoms with E-state index in [4.69, 9.17) is 5.11 Å². The van der Waals surface area contributed by atoms with Gasteiger partial charge in [-0.25, -0.2) is 4.79 Å². The average molecular weight is 205 g/mol. The van der Waals surface area contributed by atoms with Gasteiger partial charge in [0.15, 0.2) is 0 Å². The fraction of sp³-hybridized carbons (Fsp3) is 0. The summed E-state index contributed by atoms with van der Waals surface area (Å²) in [4.78, 5) is 15.6. The van der Waals surface area contributed by atoms with Crippen LogP contribution in [0, 0.1) is 0 Å². The van der Waals surface area contributed by atoms with Crippen LogP contribution in [0.15, 0.2) is 35.8 Å². The fourth-order valence-electron chi connectivity index (χ4n) is 1.09. The molecule has 0 aromatic carbocycles. The first kappa shape index (κ1) is 8.90. The number of hydrogen-bond acceptors (Lipinski definition) is 3. The summed E-state index contributed by atoms with van der Waals surface area (Å²) in [7, 11) is 0. The van der Waals surface area contributed by atoms with E-state index in [1.807, 2.05) is 18.2 Å². The van der Waals surface area contributed by atoms with Gasteiger partial charge in [-0.3, -0.25) is 4.98 Å². The summed E-state index contributed by atoms with van der Waals surface area (Å²) in [6.07, 6.45) is 1.69. The van der Waals surface area contributed by atoms with Gasteiger partial charge in [-0.1, -0.05) is 6.07 Å². The molecule has 2 heterocycles. The molecular weight excluding hydrogens is 198 g/mol. The lowest BCUT2D eigenvalue weighted by Crippen LogP contribution is -1.91. The first-order valence-electron chi connectivity index (χ1n) is 4.00. The van der Waals surface area contributed by atoms with Gasteiger partial charge in [-0.2, -0.15) is 0 Å². The Bertz CT molecular complexity index is 450. The van der Waals surface area contributed by atoms with Gasteiger partial charge in [0, 0.05) is 11.6 Å². The summed E-state index contributed by atoms with van der Waals surface area (Å²) >= 11 is 1.39. The number of pyridine rings is 1. The molecule has 1 N–H and O–H groups in total. The molecule has 0 radical (unpaired) electrons. The van der Waals surface area contributed by atoms with Gasteiger partial charge in [-0.15, -0.1) is 11.3 Å². The first-order valence-corrected chi connectivity index (χ1v) is 4.88. The van der Waals surface area contributed by atoms with Gasteiger partial charge in [0.2, 0.25) is 0 Å². The second-order valence-corrected chi connectivity index (χ2v) is 3.63. The maximum absolute atomic E-state index is 10.6. The fourth-order valence-corrected chi connectivity index (χ4v) is 1.95. The molecule has 0 fully saturated rings. The molecule has 0 saturated carbocycles. The normalized spacial score (nSPS) is 10.0. The van der Waals surface area contributed by atoms with Crippen molar-refractivity contribution in [2.75, 3.05) is 0 Å². The third-order valence-electron chi connectivity index (χ3n) is 1.76. The molecule has 2 aromatic heterocycles. The average Bonchev–Trinajstić information content (AvgIpc) is 2.68. The van der Waals surface area contributed by atoms with Gasteiger partial charge in [-0.05, 0) is 18.2 Å². The van der Waals surface area contributed by atoms with Gasteiger partial charge in [0.1, 0.15) is 0 Å². The topological polar surface area (TPSA) is 50.2 Å². The molecule has 14 heavy (non-hydrogen) atoms. The Balaban J connectivity index is 2.39. The number of carboxylic acids is 1. The SMILES string of the molecule is O=C(O)c1csc(-c2ccccn2)c1. The quantitative estimate of drug-likeness (QED) is 0.819. The molecule has 0 aliphatic heterocycles. The molecule has 0 aliphatic carbocycles. The van der Waals surface area contributed by atoms with Crippen LogP contribution in [0.3, 0.4) is 0 Å². The number of aromatic carboxylic acids is 1. The van der Waals surface area contributed by atoms with Crippen LogP contribution in [0.5, 0.6) is 0 Å². The molecule has 2 rings (SSSR count). The molecule has 4 heteroatoms. The third kappa shape index (κ3) is 1.65.